The molecule has 2 N–H and O–H groups in total. The second kappa shape index (κ2) is 9.13. The Morgan fingerprint density at radius 3 is 0.824 bits per heavy atom. The van der Waals surface area contributed by atoms with E-state index in [1.165, 1.54) is 24.3 Å². The van der Waals surface area contributed by atoms with Crippen molar-refractivity contribution in [1.29, 1.82) is 0 Å². The Labute approximate surface area is 191 Å². The number of hydrogen-bond acceptors (Lipinski definition) is 2. The second-order valence-corrected chi connectivity index (χ2v) is 7.55. The molecule has 34 heavy (non-hydrogen) atoms. The number of halogens is 6. The third kappa shape index (κ3) is 5.70. The fourth-order valence-electron chi connectivity index (χ4n) is 3.31. The highest BCUT2D eigenvalue weighted by molar-refractivity contribution is 5.71. The summed E-state index contributed by atoms with van der Waals surface area (Å²) in [6, 6.07) is 24.4. The fraction of sp³-hybridized carbons (Fsp3) is 0.0769. The Hall–Kier alpha value is -3.94. The van der Waals surface area contributed by atoms with Gasteiger partial charge in [-0.1, -0.05) is 24.3 Å². The van der Waals surface area contributed by atoms with Crippen LogP contribution in [0.3, 0.4) is 0 Å². The minimum Gasteiger partial charge on any atom is -0.356 e. The van der Waals surface area contributed by atoms with Crippen LogP contribution in [0.5, 0.6) is 0 Å². The number of hydrogen-bond donors (Lipinski definition) is 2. The Balaban J connectivity index is 1.39. The molecule has 0 unspecified atom stereocenters. The van der Waals surface area contributed by atoms with Crippen LogP contribution in [0.4, 0.5) is 49.1 Å². The number of alkyl halides is 6. The summed E-state index contributed by atoms with van der Waals surface area (Å²) in [5.41, 5.74) is 2.99. The SMILES string of the molecule is FC(F)(F)c1ccc(Nc2ccc(-c3ccc(Nc4ccc(C(F)(F)F)cc4)cc3)cc2)cc1. The molecule has 0 atom stereocenters. The standard InChI is InChI=1S/C26H18F6N2/c27-25(28,29)19-5-13-23(14-6-19)33-21-9-1-17(2-10-21)18-3-11-22(12-4-18)34-24-15-7-20(8-16-24)26(30,31)32/h1-16,33-34H. The van der Waals surface area contributed by atoms with Crippen molar-refractivity contribution in [3.8, 4) is 11.1 Å². The lowest BCUT2D eigenvalue weighted by atomic mass is 10.0. The van der Waals surface area contributed by atoms with Crippen molar-refractivity contribution in [2.24, 2.45) is 0 Å². The normalized spacial score (nSPS) is 11.8. The van der Waals surface area contributed by atoms with Crippen LogP contribution in [0.1, 0.15) is 11.1 Å². The molecule has 0 radical (unpaired) electrons. The minimum atomic E-state index is -4.37. The van der Waals surface area contributed by atoms with Crippen molar-refractivity contribution in [3.05, 3.63) is 108 Å². The van der Waals surface area contributed by atoms with Crippen molar-refractivity contribution in [3.63, 3.8) is 0 Å². The van der Waals surface area contributed by atoms with Gasteiger partial charge in [-0.25, -0.2) is 0 Å². The summed E-state index contributed by atoms with van der Waals surface area (Å²) in [5.74, 6) is 0. The highest BCUT2D eigenvalue weighted by atomic mass is 19.4. The molecule has 0 heterocycles. The third-order valence-corrected chi connectivity index (χ3v) is 5.10. The molecule has 174 valence electrons. The van der Waals surface area contributed by atoms with E-state index in [-0.39, 0.29) is 0 Å². The van der Waals surface area contributed by atoms with Gasteiger partial charge in [0.25, 0.3) is 0 Å². The van der Waals surface area contributed by atoms with Crippen LogP contribution < -0.4 is 10.6 Å². The number of nitrogens with one attached hydrogen (secondary N) is 2. The first-order chi connectivity index (χ1) is 16.1. The number of anilines is 4. The lowest BCUT2D eigenvalue weighted by molar-refractivity contribution is -0.138. The van der Waals surface area contributed by atoms with E-state index in [0.717, 1.165) is 46.8 Å². The van der Waals surface area contributed by atoms with E-state index in [0.29, 0.717) is 11.4 Å². The first-order valence-corrected chi connectivity index (χ1v) is 10.2. The summed E-state index contributed by atoms with van der Waals surface area (Å²) in [5, 5.41) is 6.13. The smallest absolute Gasteiger partial charge is 0.356 e. The van der Waals surface area contributed by atoms with Gasteiger partial charge < -0.3 is 10.6 Å². The average Bonchev–Trinajstić information content (AvgIpc) is 2.80. The van der Waals surface area contributed by atoms with Gasteiger partial charge in [0, 0.05) is 22.7 Å². The van der Waals surface area contributed by atoms with Crippen LogP contribution in [-0.2, 0) is 12.4 Å². The summed E-state index contributed by atoms with van der Waals surface area (Å²) in [6.45, 7) is 0. The summed E-state index contributed by atoms with van der Waals surface area (Å²) in [7, 11) is 0. The molecule has 4 rings (SSSR count). The molecule has 4 aromatic rings. The van der Waals surface area contributed by atoms with Crippen LogP contribution in [0.25, 0.3) is 11.1 Å². The van der Waals surface area contributed by atoms with Crippen LogP contribution in [0.2, 0.25) is 0 Å². The first kappa shape index (κ1) is 23.2. The van der Waals surface area contributed by atoms with Crippen LogP contribution >= 0.6 is 0 Å². The van der Waals surface area contributed by atoms with E-state index in [4.69, 9.17) is 0 Å². The maximum atomic E-state index is 12.7. The van der Waals surface area contributed by atoms with Crippen LogP contribution in [-0.4, -0.2) is 0 Å². The maximum Gasteiger partial charge on any atom is 0.416 e. The molecule has 4 aromatic carbocycles. The number of benzene rings is 4. The summed E-state index contributed by atoms with van der Waals surface area (Å²) < 4.78 is 76.1. The van der Waals surface area contributed by atoms with Gasteiger partial charge in [-0.3, -0.25) is 0 Å². The average molecular weight is 472 g/mol. The molecule has 0 spiro atoms. The van der Waals surface area contributed by atoms with Crippen molar-refractivity contribution >= 4 is 22.7 Å². The Kier molecular flexibility index (Phi) is 6.24. The molecule has 0 saturated carbocycles. The van der Waals surface area contributed by atoms with Gasteiger partial charge in [0.05, 0.1) is 11.1 Å². The lowest BCUT2D eigenvalue weighted by Gasteiger charge is -2.11. The zero-order valence-electron chi connectivity index (χ0n) is 17.5. The summed E-state index contributed by atoms with van der Waals surface area (Å²) in [4.78, 5) is 0. The quantitative estimate of drug-likeness (QED) is 0.284. The molecule has 0 fully saturated rings. The highest BCUT2D eigenvalue weighted by Gasteiger charge is 2.30. The summed E-state index contributed by atoms with van der Waals surface area (Å²) >= 11 is 0. The maximum absolute atomic E-state index is 12.7. The topological polar surface area (TPSA) is 24.1 Å². The number of rotatable bonds is 5. The largest absolute Gasteiger partial charge is 0.416 e. The van der Waals surface area contributed by atoms with Gasteiger partial charge in [-0.2, -0.15) is 26.3 Å². The fourth-order valence-corrected chi connectivity index (χ4v) is 3.31. The monoisotopic (exact) mass is 472 g/mol. The van der Waals surface area contributed by atoms with E-state index < -0.39 is 23.5 Å². The molecule has 0 aromatic heterocycles. The van der Waals surface area contributed by atoms with Gasteiger partial charge in [0.15, 0.2) is 0 Å². The molecular formula is C26H18F6N2. The van der Waals surface area contributed by atoms with E-state index in [1.807, 2.05) is 48.5 Å². The lowest BCUT2D eigenvalue weighted by Crippen LogP contribution is -2.04. The Morgan fingerprint density at radius 2 is 0.588 bits per heavy atom. The summed E-state index contributed by atoms with van der Waals surface area (Å²) in [6.07, 6.45) is -8.74. The molecule has 0 amide bonds. The predicted molar refractivity (Wildman–Crippen MR) is 121 cm³/mol. The van der Waals surface area contributed by atoms with Crippen LogP contribution in [0, 0.1) is 0 Å². The molecule has 0 saturated heterocycles. The Bertz CT molecular complexity index is 1120. The van der Waals surface area contributed by atoms with Crippen molar-refractivity contribution in [2.75, 3.05) is 10.6 Å². The van der Waals surface area contributed by atoms with Crippen molar-refractivity contribution < 1.29 is 26.3 Å². The molecular weight excluding hydrogens is 454 g/mol. The second-order valence-electron chi connectivity index (χ2n) is 7.55. The first-order valence-electron chi connectivity index (χ1n) is 10.2. The van der Waals surface area contributed by atoms with Gasteiger partial charge in [0.1, 0.15) is 0 Å². The zero-order valence-corrected chi connectivity index (χ0v) is 17.5. The van der Waals surface area contributed by atoms with Gasteiger partial charge >= 0.3 is 12.4 Å². The van der Waals surface area contributed by atoms with Crippen molar-refractivity contribution in [1.82, 2.24) is 0 Å². The van der Waals surface area contributed by atoms with E-state index >= 15 is 0 Å². The molecule has 0 aliphatic carbocycles. The molecule has 0 aliphatic rings. The van der Waals surface area contributed by atoms with E-state index in [1.54, 1.807) is 0 Å². The van der Waals surface area contributed by atoms with Gasteiger partial charge in [0.2, 0.25) is 0 Å². The van der Waals surface area contributed by atoms with Crippen LogP contribution in [0.15, 0.2) is 97.1 Å². The Morgan fingerprint density at radius 1 is 0.353 bits per heavy atom. The molecule has 2 nitrogen and oxygen atoms in total. The zero-order chi connectivity index (χ0) is 24.3. The highest BCUT2D eigenvalue weighted by Crippen LogP contribution is 2.32. The van der Waals surface area contributed by atoms with E-state index in [2.05, 4.69) is 10.6 Å². The van der Waals surface area contributed by atoms with Gasteiger partial charge in [-0.15, -0.1) is 0 Å². The molecule has 8 heteroatoms. The third-order valence-electron chi connectivity index (χ3n) is 5.10. The van der Waals surface area contributed by atoms with E-state index in [9.17, 15) is 26.3 Å². The van der Waals surface area contributed by atoms with Crippen molar-refractivity contribution in [2.45, 2.75) is 12.4 Å². The minimum absolute atomic E-state index is 0.541. The predicted octanol–water partition coefficient (Wildman–Crippen LogP) is 8.88. The molecule has 0 bridgehead atoms. The molecule has 0 aliphatic heterocycles. The van der Waals surface area contributed by atoms with Gasteiger partial charge in [-0.05, 0) is 83.9 Å².